The minimum absolute atomic E-state index is 0.0421. The third-order valence-electron chi connectivity index (χ3n) is 2.96. The van der Waals surface area contributed by atoms with E-state index in [9.17, 15) is 4.79 Å². The molecule has 0 N–H and O–H groups in total. The molecule has 0 spiro atoms. The first kappa shape index (κ1) is 12.2. The lowest BCUT2D eigenvalue weighted by Gasteiger charge is -2.17. The number of benzene rings is 1. The number of carbonyl (C=O) groups is 1. The quantitative estimate of drug-likeness (QED) is 0.842. The monoisotopic (exact) mass is 277 g/mol. The molecule has 1 aromatic heterocycles. The molecule has 6 heteroatoms. The van der Waals surface area contributed by atoms with Crippen LogP contribution in [0.3, 0.4) is 0 Å². The summed E-state index contributed by atoms with van der Waals surface area (Å²) in [5.74, 6) is 0.709. The van der Waals surface area contributed by atoms with Gasteiger partial charge < -0.3 is 4.74 Å². The van der Waals surface area contributed by atoms with Gasteiger partial charge in [-0.2, -0.15) is 5.10 Å². The Bertz CT molecular complexity index is 564. The van der Waals surface area contributed by atoms with Crippen molar-refractivity contribution in [3.8, 4) is 5.75 Å². The van der Waals surface area contributed by atoms with Crippen molar-refractivity contribution >= 4 is 17.4 Å². The van der Waals surface area contributed by atoms with E-state index in [-0.39, 0.29) is 11.7 Å². The fraction of sp³-hybridized carbons (Fsp3) is 0.308. The van der Waals surface area contributed by atoms with Crippen molar-refractivity contribution in [1.82, 2.24) is 14.8 Å². The summed E-state index contributed by atoms with van der Waals surface area (Å²) in [7, 11) is 0. The van der Waals surface area contributed by atoms with Crippen LogP contribution < -0.4 is 4.74 Å². The van der Waals surface area contributed by atoms with Gasteiger partial charge in [-0.1, -0.05) is 11.6 Å². The average Bonchev–Trinajstić information content (AvgIpc) is 3.13. The standard InChI is InChI=1S/C13H12ClN3O2/c14-10-3-5-11(6-4-10)19-13(12(18)9-1-2-9)17-8-15-7-16-17/h3-9,13H,1-2H2/t13-/m0/s1. The molecule has 1 atom stereocenters. The molecule has 0 amide bonds. The lowest BCUT2D eigenvalue weighted by molar-refractivity contribution is -0.131. The van der Waals surface area contributed by atoms with E-state index in [4.69, 9.17) is 16.3 Å². The maximum atomic E-state index is 12.2. The predicted octanol–water partition coefficient (Wildman–Crippen LogP) is 2.49. The maximum absolute atomic E-state index is 12.2. The average molecular weight is 278 g/mol. The minimum atomic E-state index is -0.754. The summed E-state index contributed by atoms with van der Waals surface area (Å²) in [6, 6.07) is 6.90. The molecular weight excluding hydrogens is 266 g/mol. The Morgan fingerprint density at radius 3 is 2.68 bits per heavy atom. The van der Waals surface area contributed by atoms with Crippen LogP contribution >= 0.6 is 11.6 Å². The van der Waals surface area contributed by atoms with Crippen LogP contribution in [0.15, 0.2) is 36.9 Å². The van der Waals surface area contributed by atoms with Gasteiger partial charge in [0.25, 0.3) is 6.23 Å². The number of ketones is 1. The Hall–Kier alpha value is -1.88. The predicted molar refractivity (Wildman–Crippen MR) is 68.9 cm³/mol. The lowest BCUT2D eigenvalue weighted by Crippen LogP contribution is -2.27. The first-order chi connectivity index (χ1) is 9.24. The van der Waals surface area contributed by atoms with Gasteiger partial charge in [-0.05, 0) is 37.1 Å². The van der Waals surface area contributed by atoms with Crippen molar-refractivity contribution in [2.75, 3.05) is 0 Å². The molecule has 0 bridgehead atoms. The van der Waals surface area contributed by atoms with Gasteiger partial charge in [-0.25, -0.2) is 9.67 Å². The molecule has 1 heterocycles. The molecule has 0 radical (unpaired) electrons. The van der Waals surface area contributed by atoms with Gasteiger partial charge in [0.2, 0.25) is 0 Å². The van der Waals surface area contributed by atoms with Crippen LogP contribution in [0, 0.1) is 5.92 Å². The second kappa shape index (κ2) is 5.01. The Labute approximate surface area is 115 Å². The molecule has 1 saturated carbocycles. The van der Waals surface area contributed by atoms with Crippen molar-refractivity contribution in [2.24, 2.45) is 5.92 Å². The molecule has 5 nitrogen and oxygen atoms in total. The van der Waals surface area contributed by atoms with Crippen LogP contribution in [0.25, 0.3) is 0 Å². The molecule has 1 fully saturated rings. The van der Waals surface area contributed by atoms with E-state index in [0.29, 0.717) is 10.8 Å². The third-order valence-corrected chi connectivity index (χ3v) is 3.21. The Kier molecular flexibility index (Phi) is 3.21. The summed E-state index contributed by atoms with van der Waals surface area (Å²) in [5.41, 5.74) is 0. The maximum Gasteiger partial charge on any atom is 0.251 e. The van der Waals surface area contributed by atoms with Crippen molar-refractivity contribution in [1.29, 1.82) is 0 Å². The van der Waals surface area contributed by atoms with Crippen molar-refractivity contribution in [3.63, 3.8) is 0 Å². The largest absolute Gasteiger partial charge is 0.461 e. The number of halogens is 1. The summed E-state index contributed by atoms with van der Waals surface area (Å²) in [5, 5.41) is 4.62. The Balaban J connectivity index is 1.82. The Morgan fingerprint density at radius 1 is 1.37 bits per heavy atom. The Morgan fingerprint density at radius 2 is 2.11 bits per heavy atom. The normalized spacial score (nSPS) is 16.1. The molecule has 2 aromatic rings. The number of hydrogen-bond donors (Lipinski definition) is 0. The van der Waals surface area contributed by atoms with Gasteiger partial charge >= 0.3 is 0 Å². The zero-order chi connectivity index (χ0) is 13.2. The van der Waals surface area contributed by atoms with Crippen LogP contribution in [0.1, 0.15) is 19.1 Å². The fourth-order valence-electron chi connectivity index (χ4n) is 1.79. The van der Waals surface area contributed by atoms with E-state index in [2.05, 4.69) is 10.1 Å². The topological polar surface area (TPSA) is 57.0 Å². The molecule has 98 valence electrons. The van der Waals surface area contributed by atoms with Gasteiger partial charge in [-0.3, -0.25) is 4.79 Å². The van der Waals surface area contributed by atoms with Crippen molar-refractivity contribution in [2.45, 2.75) is 19.1 Å². The van der Waals surface area contributed by atoms with Crippen molar-refractivity contribution < 1.29 is 9.53 Å². The van der Waals surface area contributed by atoms with E-state index in [0.717, 1.165) is 12.8 Å². The lowest BCUT2D eigenvalue weighted by atomic mass is 10.2. The van der Waals surface area contributed by atoms with Crippen LogP contribution in [0.4, 0.5) is 0 Å². The van der Waals surface area contributed by atoms with Gasteiger partial charge in [0.05, 0.1) is 0 Å². The van der Waals surface area contributed by atoms with Crippen LogP contribution in [-0.4, -0.2) is 20.5 Å². The molecule has 1 aliphatic rings. The second-order valence-corrected chi connectivity index (χ2v) is 4.91. The molecule has 0 unspecified atom stereocenters. The van der Waals surface area contributed by atoms with Gasteiger partial charge in [0.15, 0.2) is 5.78 Å². The van der Waals surface area contributed by atoms with Crippen LogP contribution in [0.5, 0.6) is 5.75 Å². The SMILES string of the molecule is O=C(C1CC1)[C@H](Oc1ccc(Cl)cc1)n1cncn1. The summed E-state index contributed by atoms with van der Waals surface area (Å²) in [4.78, 5) is 16.1. The molecule has 1 aliphatic carbocycles. The molecule has 19 heavy (non-hydrogen) atoms. The zero-order valence-corrected chi connectivity index (χ0v) is 10.8. The number of Topliss-reactive ketones (excluding diaryl/α,β-unsaturated/α-hetero) is 1. The van der Waals surface area contributed by atoms with E-state index in [1.54, 1.807) is 24.3 Å². The zero-order valence-electron chi connectivity index (χ0n) is 10.1. The van der Waals surface area contributed by atoms with Crippen LogP contribution in [-0.2, 0) is 4.79 Å². The summed E-state index contributed by atoms with van der Waals surface area (Å²) in [6.07, 6.45) is 3.97. The molecule has 3 rings (SSSR count). The molecule has 1 aromatic carbocycles. The number of aromatic nitrogens is 3. The number of ether oxygens (including phenoxy) is 1. The van der Waals surface area contributed by atoms with Gasteiger partial charge in [0, 0.05) is 10.9 Å². The summed E-state index contributed by atoms with van der Waals surface area (Å²) < 4.78 is 7.17. The number of hydrogen-bond acceptors (Lipinski definition) is 4. The molecule has 0 aliphatic heterocycles. The smallest absolute Gasteiger partial charge is 0.251 e. The highest BCUT2D eigenvalue weighted by Crippen LogP contribution is 2.34. The molecular formula is C13H12ClN3O2. The fourth-order valence-corrected chi connectivity index (χ4v) is 1.92. The van der Waals surface area contributed by atoms with Gasteiger partial charge in [0.1, 0.15) is 18.4 Å². The van der Waals surface area contributed by atoms with E-state index >= 15 is 0 Å². The first-order valence-electron chi connectivity index (χ1n) is 6.04. The first-order valence-corrected chi connectivity index (χ1v) is 6.42. The van der Waals surface area contributed by atoms with Crippen LogP contribution in [0.2, 0.25) is 5.02 Å². The minimum Gasteiger partial charge on any atom is -0.461 e. The van der Waals surface area contributed by atoms with Gasteiger partial charge in [-0.15, -0.1) is 0 Å². The highest BCUT2D eigenvalue weighted by atomic mass is 35.5. The second-order valence-electron chi connectivity index (χ2n) is 4.48. The number of rotatable bonds is 5. The van der Waals surface area contributed by atoms with Crippen molar-refractivity contribution in [3.05, 3.63) is 41.9 Å². The highest BCUT2D eigenvalue weighted by molar-refractivity contribution is 6.30. The van der Waals surface area contributed by atoms with E-state index < -0.39 is 6.23 Å². The highest BCUT2D eigenvalue weighted by Gasteiger charge is 2.37. The third kappa shape index (κ3) is 2.76. The summed E-state index contributed by atoms with van der Waals surface area (Å²) in [6.45, 7) is 0. The number of carbonyl (C=O) groups excluding carboxylic acids is 1. The van der Waals surface area contributed by atoms with E-state index in [1.807, 2.05) is 0 Å². The molecule has 0 saturated heterocycles. The number of nitrogens with zero attached hydrogens (tertiary/aromatic N) is 3. The summed E-state index contributed by atoms with van der Waals surface area (Å²) >= 11 is 5.82. The van der Waals surface area contributed by atoms with E-state index in [1.165, 1.54) is 17.3 Å².